The van der Waals surface area contributed by atoms with Crippen molar-refractivity contribution in [1.29, 1.82) is 0 Å². The van der Waals surface area contributed by atoms with Gasteiger partial charge in [-0.2, -0.15) is 0 Å². The van der Waals surface area contributed by atoms with Gasteiger partial charge in [-0.1, -0.05) is 12.1 Å². The highest BCUT2D eigenvalue weighted by Gasteiger charge is 2.23. The molecule has 0 radical (unpaired) electrons. The first-order valence-electron chi connectivity index (χ1n) is 6.32. The minimum atomic E-state index is -1.17. The molecule has 3 rings (SSSR count). The molecule has 21 heavy (non-hydrogen) atoms. The lowest BCUT2D eigenvalue weighted by Crippen LogP contribution is -2.16. The fourth-order valence-corrected chi connectivity index (χ4v) is 3.58. The van der Waals surface area contributed by atoms with Crippen LogP contribution in [0.5, 0.6) is 0 Å². The van der Waals surface area contributed by atoms with Crippen LogP contribution in [0.25, 0.3) is 11.1 Å². The molecule has 1 aliphatic rings. The van der Waals surface area contributed by atoms with E-state index in [4.69, 9.17) is 0 Å². The molecule has 0 aliphatic carbocycles. The van der Waals surface area contributed by atoms with Crippen molar-refractivity contribution in [2.45, 2.75) is 11.3 Å². The van der Waals surface area contributed by atoms with E-state index in [1.54, 1.807) is 30.3 Å². The maximum Gasteiger partial charge on any atom is 0.355 e. The lowest BCUT2D eigenvalue weighted by Gasteiger charge is -2.15. The number of ketones is 1. The SMILES string of the molecule is O=C1CCS(=O)c2ccc(-c3cccnc3C(=O)O)cc21. The molecule has 0 spiro atoms. The van der Waals surface area contributed by atoms with Gasteiger partial charge in [0.25, 0.3) is 0 Å². The van der Waals surface area contributed by atoms with E-state index < -0.39 is 16.8 Å². The molecule has 1 atom stereocenters. The monoisotopic (exact) mass is 301 g/mol. The molecule has 0 fully saturated rings. The second-order valence-electron chi connectivity index (χ2n) is 4.64. The number of aromatic carboxylic acids is 1. The number of carbonyl (C=O) groups excluding carboxylic acids is 1. The summed E-state index contributed by atoms with van der Waals surface area (Å²) in [7, 11) is -1.17. The van der Waals surface area contributed by atoms with E-state index in [-0.39, 0.29) is 17.9 Å². The van der Waals surface area contributed by atoms with Crippen molar-refractivity contribution in [3.8, 4) is 11.1 Å². The Bertz CT molecular complexity index is 785. The summed E-state index contributed by atoms with van der Waals surface area (Å²) in [5.41, 5.74) is 1.38. The molecule has 5 nitrogen and oxygen atoms in total. The lowest BCUT2D eigenvalue weighted by molar-refractivity contribution is 0.0691. The number of fused-ring (bicyclic) bond motifs is 1. The minimum absolute atomic E-state index is 0.0628. The topological polar surface area (TPSA) is 84.3 Å². The zero-order valence-corrected chi connectivity index (χ0v) is 11.7. The molecule has 0 amide bonds. The van der Waals surface area contributed by atoms with E-state index in [1.807, 2.05) is 0 Å². The average molecular weight is 301 g/mol. The van der Waals surface area contributed by atoms with Crippen LogP contribution in [-0.4, -0.2) is 31.8 Å². The Labute approximate surface area is 123 Å². The molecule has 0 bridgehead atoms. The van der Waals surface area contributed by atoms with Crippen molar-refractivity contribution in [2.75, 3.05) is 5.75 Å². The Morgan fingerprint density at radius 2 is 2.05 bits per heavy atom. The summed E-state index contributed by atoms with van der Waals surface area (Å²) < 4.78 is 11.9. The van der Waals surface area contributed by atoms with E-state index in [2.05, 4.69) is 4.98 Å². The lowest BCUT2D eigenvalue weighted by atomic mass is 9.99. The molecule has 0 saturated carbocycles. The van der Waals surface area contributed by atoms with Crippen LogP contribution in [0.4, 0.5) is 0 Å². The first-order valence-corrected chi connectivity index (χ1v) is 7.64. The summed E-state index contributed by atoms with van der Waals surface area (Å²) in [4.78, 5) is 27.6. The third-order valence-electron chi connectivity index (χ3n) is 3.36. The fourth-order valence-electron chi connectivity index (χ4n) is 2.35. The normalized spacial score (nSPS) is 17.3. The molecule has 2 aromatic rings. The van der Waals surface area contributed by atoms with E-state index >= 15 is 0 Å². The third-order valence-corrected chi connectivity index (χ3v) is 4.78. The van der Waals surface area contributed by atoms with Gasteiger partial charge in [0.05, 0.1) is 10.8 Å². The largest absolute Gasteiger partial charge is 0.476 e. The van der Waals surface area contributed by atoms with Gasteiger partial charge in [-0.25, -0.2) is 9.78 Å². The van der Waals surface area contributed by atoms with Gasteiger partial charge in [0.1, 0.15) is 0 Å². The summed E-state index contributed by atoms with van der Waals surface area (Å²) in [6.45, 7) is 0. The van der Waals surface area contributed by atoms with Crippen LogP contribution in [0.1, 0.15) is 27.3 Å². The summed E-state index contributed by atoms with van der Waals surface area (Å²) in [6.07, 6.45) is 1.66. The first-order chi connectivity index (χ1) is 10.1. The first kappa shape index (κ1) is 13.6. The molecule has 1 N–H and O–H groups in total. The molecular weight excluding hydrogens is 290 g/mol. The predicted molar refractivity (Wildman–Crippen MR) is 76.9 cm³/mol. The van der Waals surface area contributed by atoms with Crippen LogP contribution in [-0.2, 0) is 10.8 Å². The van der Waals surface area contributed by atoms with E-state index in [0.717, 1.165) is 0 Å². The number of pyridine rings is 1. The molecular formula is C15H11NO4S. The Hall–Kier alpha value is -2.34. The Kier molecular flexibility index (Phi) is 3.39. The molecule has 1 aromatic heterocycles. The standard InChI is InChI=1S/C15H11NO4S/c17-12-5-7-21(20)13-4-3-9(8-11(12)13)10-2-1-6-16-14(10)15(18)19/h1-4,6,8H,5,7H2,(H,18,19). The number of hydrogen-bond donors (Lipinski definition) is 1. The third kappa shape index (κ3) is 2.38. The van der Waals surface area contributed by atoms with Crippen molar-refractivity contribution < 1.29 is 18.9 Å². The van der Waals surface area contributed by atoms with Crippen LogP contribution in [0.3, 0.4) is 0 Å². The highest BCUT2D eigenvalue weighted by Crippen LogP contribution is 2.29. The molecule has 6 heteroatoms. The van der Waals surface area contributed by atoms with Crippen LogP contribution in [0.2, 0.25) is 0 Å². The zero-order valence-electron chi connectivity index (χ0n) is 10.9. The summed E-state index contributed by atoms with van der Waals surface area (Å²) in [5, 5.41) is 9.18. The van der Waals surface area contributed by atoms with E-state index in [1.165, 1.54) is 6.20 Å². The van der Waals surface area contributed by atoms with Crippen molar-refractivity contribution >= 4 is 22.6 Å². The zero-order chi connectivity index (χ0) is 15.0. The summed E-state index contributed by atoms with van der Waals surface area (Å²) in [5.74, 6) is -0.844. The maximum absolute atomic E-state index is 12.0. The second-order valence-corrected chi connectivity index (χ2v) is 6.18. The van der Waals surface area contributed by atoms with Crippen LogP contribution >= 0.6 is 0 Å². The van der Waals surface area contributed by atoms with Crippen LogP contribution < -0.4 is 0 Å². The van der Waals surface area contributed by atoms with Gasteiger partial charge < -0.3 is 5.11 Å². The van der Waals surface area contributed by atoms with Gasteiger partial charge in [0, 0.05) is 34.4 Å². The van der Waals surface area contributed by atoms with Crippen molar-refractivity contribution in [2.24, 2.45) is 0 Å². The summed E-state index contributed by atoms with van der Waals surface area (Å²) >= 11 is 0. The second kappa shape index (κ2) is 5.21. The number of rotatable bonds is 2. The number of carboxylic acid groups (broad SMARTS) is 1. The maximum atomic E-state index is 12.0. The van der Waals surface area contributed by atoms with E-state index in [0.29, 0.717) is 27.3 Å². The molecule has 1 aromatic carbocycles. The van der Waals surface area contributed by atoms with E-state index in [9.17, 15) is 18.9 Å². The number of carbonyl (C=O) groups is 2. The van der Waals surface area contributed by atoms with Gasteiger partial charge in [0.2, 0.25) is 0 Å². The number of benzene rings is 1. The quantitative estimate of drug-likeness (QED) is 0.918. The predicted octanol–water partition coefficient (Wildman–Crippen LogP) is 2.14. The molecule has 0 saturated heterocycles. The number of Topliss-reactive ketones (excluding diaryl/α,β-unsaturated/α-hetero) is 1. The van der Waals surface area contributed by atoms with Crippen LogP contribution in [0, 0.1) is 0 Å². The molecule has 106 valence electrons. The van der Waals surface area contributed by atoms with Crippen molar-refractivity contribution in [3.63, 3.8) is 0 Å². The van der Waals surface area contributed by atoms with Crippen LogP contribution in [0.15, 0.2) is 41.4 Å². The van der Waals surface area contributed by atoms with Gasteiger partial charge in [-0.05, 0) is 23.8 Å². The molecule has 1 aliphatic heterocycles. The van der Waals surface area contributed by atoms with Gasteiger partial charge in [-0.3, -0.25) is 9.00 Å². The molecule has 1 unspecified atom stereocenters. The fraction of sp³-hybridized carbons (Fsp3) is 0.133. The average Bonchev–Trinajstić information content (AvgIpc) is 2.50. The highest BCUT2D eigenvalue weighted by atomic mass is 32.2. The van der Waals surface area contributed by atoms with Gasteiger partial charge in [0.15, 0.2) is 11.5 Å². The summed E-state index contributed by atoms with van der Waals surface area (Å²) in [6, 6.07) is 8.21. The minimum Gasteiger partial charge on any atom is -0.476 e. The van der Waals surface area contributed by atoms with Gasteiger partial charge >= 0.3 is 5.97 Å². The highest BCUT2D eigenvalue weighted by molar-refractivity contribution is 7.85. The Morgan fingerprint density at radius 3 is 2.81 bits per heavy atom. The Morgan fingerprint density at radius 1 is 1.24 bits per heavy atom. The smallest absolute Gasteiger partial charge is 0.355 e. The number of nitrogens with zero attached hydrogens (tertiary/aromatic N) is 1. The van der Waals surface area contributed by atoms with Gasteiger partial charge in [-0.15, -0.1) is 0 Å². The number of aromatic nitrogens is 1. The number of carboxylic acids is 1. The van der Waals surface area contributed by atoms with Crippen molar-refractivity contribution in [3.05, 3.63) is 47.8 Å². The Balaban J connectivity index is 2.18. The van der Waals surface area contributed by atoms with Crippen molar-refractivity contribution in [1.82, 2.24) is 4.98 Å². The number of hydrogen-bond acceptors (Lipinski definition) is 4. The molecule has 2 heterocycles.